The number of benzene rings is 3. The number of amides is 1. The van der Waals surface area contributed by atoms with Crippen molar-refractivity contribution in [2.24, 2.45) is 0 Å². The zero-order valence-electron chi connectivity index (χ0n) is 24.8. The van der Waals surface area contributed by atoms with E-state index in [-0.39, 0.29) is 11.8 Å². The van der Waals surface area contributed by atoms with Crippen molar-refractivity contribution in [1.82, 2.24) is 15.3 Å². The molecule has 0 fully saturated rings. The highest BCUT2D eigenvalue weighted by molar-refractivity contribution is 5.96. The SMILES string of the molecule is CCCCCOc1ccc(-c2cnc(-c3ccc(CC(NC(=O)c4ccc(C(C)(C)C)cc4)C(=O)O)cc3)nc2)cc1. The van der Waals surface area contributed by atoms with Crippen molar-refractivity contribution in [2.75, 3.05) is 6.61 Å². The molecule has 42 heavy (non-hydrogen) atoms. The Bertz CT molecular complexity index is 1460. The number of hydrogen-bond donors (Lipinski definition) is 2. The summed E-state index contributed by atoms with van der Waals surface area (Å²) in [4.78, 5) is 33.8. The number of carboxylic acid groups (broad SMARTS) is 1. The average Bonchev–Trinajstić information content (AvgIpc) is 2.99. The fourth-order valence-electron chi connectivity index (χ4n) is 4.50. The van der Waals surface area contributed by atoms with Crippen LogP contribution >= 0.6 is 0 Å². The third kappa shape index (κ3) is 8.26. The van der Waals surface area contributed by atoms with E-state index >= 15 is 0 Å². The van der Waals surface area contributed by atoms with Gasteiger partial charge in [-0.1, -0.05) is 89.1 Å². The number of aromatic nitrogens is 2. The van der Waals surface area contributed by atoms with Crippen molar-refractivity contribution in [3.63, 3.8) is 0 Å². The fraction of sp³-hybridized carbons (Fsp3) is 0.314. The Kier molecular flexibility index (Phi) is 10.1. The van der Waals surface area contributed by atoms with Gasteiger partial charge in [0.1, 0.15) is 11.8 Å². The third-order valence-electron chi connectivity index (χ3n) is 7.12. The molecule has 4 rings (SSSR count). The van der Waals surface area contributed by atoms with Crippen LogP contribution in [-0.4, -0.2) is 39.6 Å². The fourth-order valence-corrected chi connectivity index (χ4v) is 4.50. The van der Waals surface area contributed by atoms with E-state index in [9.17, 15) is 14.7 Å². The van der Waals surface area contributed by atoms with Crippen LogP contribution in [0.2, 0.25) is 0 Å². The van der Waals surface area contributed by atoms with Crippen molar-refractivity contribution in [3.05, 3.63) is 102 Å². The molecule has 1 heterocycles. The van der Waals surface area contributed by atoms with Crippen molar-refractivity contribution >= 4 is 11.9 Å². The predicted octanol–water partition coefficient (Wildman–Crippen LogP) is 7.10. The van der Waals surface area contributed by atoms with E-state index in [2.05, 4.69) is 43.0 Å². The first kappa shape index (κ1) is 30.4. The number of carbonyl (C=O) groups is 2. The van der Waals surface area contributed by atoms with Crippen LogP contribution in [0.5, 0.6) is 5.75 Å². The standard InChI is InChI=1S/C35H39N3O4/c1-5-6-7-20-42-30-18-14-25(15-19-30)28-22-36-32(37-23-28)26-10-8-24(9-11-26)21-31(34(40)41)38-33(39)27-12-16-29(17-13-27)35(2,3)4/h8-19,22-23,31H,5-7,20-21H2,1-4H3,(H,38,39)(H,40,41). The monoisotopic (exact) mass is 565 g/mol. The highest BCUT2D eigenvalue weighted by Crippen LogP contribution is 2.24. The van der Waals surface area contributed by atoms with Gasteiger partial charge in [-0.2, -0.15) is 0 Å². The van der Waals surface area contributed by atoms with E-state index in [0.29, 0.717) is 11.4 Å². The maximum atomic E-state index is 12.8. The Balaban J connectivity index is 1.36. The van der Waals surface area contributed by atoms with Crippen LogP contribution in [-0.2, 0) is 16.6 Å². The van der Waals surface area contributed by atoms with Crippen molar-refractivity contribution in [1.29, 1.82) is 0 Å². The number of aliphatic carboxylic acids is 1. The van der Waals surface area contributed by atoms with Crippen molar-refractivity contribution in [3.8, 4) is 28.3 Å². The zero-order chi connectivity index (χ0) is 30.1. The maximum Gasteiger partial charge on any atom is 0.326 e. The summed E-state index contributed by atoms with van der Waals surface area (Å²) >= 11 is 0. The molecule has 1 aromatic heterocycles. The van der Waals surface area contributed by atoms with Gasteiger partial charge in [0.15, 0.2) is 5.82 Å². The van der Waals surface area contributed by atoms with Crippen LogP contribution in [0, 0.1) is 0 Å². The molecule has 7 heteroatoms. The maximum absolute atomic E-state index is 12.8. The summed E-state index contributed by atoms with van der Waals surface area (Å²) in [5.74, 6) is -0.0780. The Hall–Kier alpha value is -4.52. The molecule has 0 saturated carbocycles. The zero-order valence-corrected chi connectivity index (χ0v) is 24.8. The summed E-state index contributed by atoms with van der Waals surface area (Å²) in [6, 6.07) is 21.5. The summed E-state index contributed by atoms with van der Waals surface area (Å²) in [6.45, 7) is 9.19. The summed E-state index contributed by atoms with van der Waals surface area (Å²) in [5.41, 5.74) is 5.00. The van der Waals surface area contributed by atoms with E-state index in [1.54, 1.807) is 24.5 Å². The Morgan fingerprint density at radius 1 is 0.833 bits per heavy atom. The first-order chi connectivity index (χ1) is 20.1. The van der Waals surface area contributed by atoms with E-state index in [1.807, 2.05) is 60.7 Å². The van der Waals surface area contributed by atoms with Crippen LogP contribution < -0.4 is 10.1 Å². The van der Waals surface area contributed by atoms with Gasteiger partial charge >= 0.3 is 5.97 Å². The second-order valence-corrected chi connectivity index (χ2v) is 11.5. The second kappa shape index (κ2) is 13.9. The lowest BCUT2D eigenvalue weighted by molar-refractivity contribution is -0.139. The molecular formula is C35H39N3O4. The number of hydrogen-bond acceptors (Lipinski definition) is 5. The number of nitrogens with zero attached hydrogens (tertiary/aromatic N) is 2. The topological polar surface area (TPSA) is 101 Å². The van der Waals surface area contributed by atoms with Crippen LogP contribution in [0.3, 0.4) is 0 Å². The van der Waals surface area contributed by atoms with E-state index in [0.717, 1.165) is 46.6 Å². The Morgan fingerprint density at radius 2 is 1.45 bits per heavy atom. The Labute approximate surface area is 248 Å². The van der Waals surface area contributed by atoms with Gasteiger partial charge in [-0.15, -0.1) is 0 Å². The van der Waals surface area contributed by atoms with Gasteiger partial charge < -0.3 is 15.2 Å². The molecule has 0 aliphatic rings. The Morgan fingerprint density at radius 3 is 2.02 bits per heavy atom. The van der Waals surface area contributed by atoms with Crippen molar-refractivity contribution < 1.29 is 19.4 Å². The normalized spacial score (nSPS) is 12.0. The van der Waals surface area contributed by atoms with Gasteiger partial charge in [0.05, 0.1) is 6.61 Å². The number of carboxylic acids is 1. The van der Waals surface area contributed by atoms with E-state index in [4.69, 9.17) is 4.74 Å². The molecule has 0 saturated heterocycles. The van der Waals surface area contributed by atoms with E-state index in [1.165, 1.54) is 12.8 Å². The summed E-state index contributed by atoms with van der Waals surface area (Å²) in [6.07, 6.45) is 7.12. The predicted molar refractivity (Wildman–Crippen MR) is 166 cm³/mol. The molecule has 2 N–H and O–H groups in total. The molecule has 4 aromatic rings. The highest BCUT2D eigenvalue weighted by atomic mass is 16.5. The molecule has 0 aliphatic carbocycles. The van der Waals surface area contributed by atoms with Gasteiger partial charge in [0, 0.05) is 35.5 Å². The number of unbranched alkanes of at least 4 members (excludes halogenated alkanes) is 2. The average molecular weight is 566 g/mol. The highest BCUT2D eigenvalue weighted by Gasteiger charge is 2.22. The minimum Gasteiger partial charge on any atom is -0.494 e. The molecule has 0 bridgehead atoms. The number of ether oxygens (including phenoxy) is 1. The van der Waals surface area contributed by atoms with Crippen LogP contribution in [0.25, 0.3) is 22.5 Å². The van der Waals surface area contributed by atoms with Gasteiger partial charge in [0.25, 0.3) is 5.91 Å². The quantitative estimate of drug-likeness (QED) is 0.178. The molecule has 0 radical (unpaired) electrons. The van der Waals surface area contributed by atoms with E-state index < -0.39 is 17.9 Å². The molecular weight excluding hydrogens is 526 g/mol. The van der Waals surface area contributed by atoms with Crippen LogP contribution in [0.4, 0.5) is 0 Å². The molecule has 0 spiro atoms. The first-order valence-corrected chi connectivity index (χ1v) is 14.4. The lowest BCUT2D eigenvalue weighted by Gasteiger charge is -2.19. The van der Waals surface area contributed by atoms with Gasteiger partial charge in [-0.3, -0.25) is 4.79 Å². The molecule has 3 aromatic carbocycles. The molecule has 1 amide bonds. The van der Waals surface area contributed by atoms with Gasteiger partial charge in [-0.25, -0.2) is 14.8 Å². The second-order valence-electron chi connectivity index (χ2n) is 11.5. The third-order valence-corrected chi connectivity index (χ3v) is 7.12. The molecule has 0 aliphatic heterocycles. The molecule has 218 valence electrons. The number of carbonyl (C=O) groups excluding carboxylic acids is 1. The van der Waals surface area contributed by atoms with Gasteiger partial charge in [0.2, 0.25) is 0 Å². The molecule has 7 nitrogen and oxygen atoms in total. The number of nitrogens with one attached hydrogen (secondary N) is 1. The van der Waals surface area contributed by atoms with Crippen LogP contribution in [0.1, 0.15) is 68.4 Å². The largest absolute Gasteiger partial charge is 0.494 e. The summed E-state index contributed by atoms with van der Waals surface area (Å²) < 4.78 is 5.79. The summed E-state index contributed by atoms with van der Waals surface area (Å²) in [7, 11) is 0. The molecule has 1 unspecified atom stereocenters. The molecule has 1 atom stereocenters. The van der Waals surface area contributed by atoms with Crippen molar-refractivity contribution in [2.45, 2.75) is 64.8 Å². The lowest BCUT2D eigenvalue weighted by Crippen LogP contribution is -2.42. The minimum absolute atomic E-state index is 0.0346. The smallest absolute Gasteiger partial charge is 0.326 e. The van der Waals surface area contributed by atoms with Gasteiger partial charge in [-0.05, 0) is 52.8 Å². The lowest BCUT2D eigenvalue weighted by atomic mass is 9.86. The summed E-state index contributed by atoms with van der Waals surface area (Å²) in [5, 5.41) is 12.4. The first-order valence-electron chi connectivity index (χ1n) is 14.4. The van der Waals surface area contributed by atoms with Crippen LogP contribution in [0.15, 0.2) is 85.2 Å². The minimum atomic E-state index is -1.09. The number of rotatable bonds is 12.